The quantitative estimate of drug-likeness (QED) is 0.837. The van der Waals surface area contributed by atoms with Crippen LogP contribution in [-0.4, -0.2) is 42.1 Å². The molecule has 0 amide bonds. The Balaban J connectivity index is 1.64. The van der Waals surface area contributed by atoms with E-state index in [1.807, 2.05) is 12.1 Å². The van der Waals surface area contributed by atoms with E-state index in [1.54, 1.807) is 30.3 Å². The fourth-order valence-electron chi connectivity index (χ4n) is 3.14. The first kappa shape index (κ1) is 17.1. The number of rotatable bonds is 3. The minimum Gasteiger partial charge on any atom is -0.507 e. The van der Waals surface area contributed by atoms with Gasteiger partial charge >= 0.3 is 0 Å². The van der Waals surface area contributed by atoms with Crippen molar-refractivity contribution in [3.05, 3.63) is 63.9 Å². The number of phenolic OH excluding ortho intramolecular Hbond substituents is 1. The molecule has 4 rings (SSSR count). The summed E-state index contributed by atoms with van der Waals surface area (Å²) >= 11 is 5.90. The molecule has 6 heteroatoms. The maximum Gasteiger partial charge on any atom is 0.231 e. The number of ether oxygens (including phenoxy) is 2. The SMILES string of the molecule is O=C1/C(=C/c2ccc(Cl)cc2)Oc2c1ccc(O)c2CN1CCOCC1. The van der Waals surface area contributed by atoms with Crippen molar-refractivity contribution in [1.29, 1.82) is 0 Å². The van der Waals surface area contributed by atoms with E-state index in [4.69, 9.17) is 21.1 Å². The molecule has 2 aromatic carbocycles. The summed E-state index contributed by atoms with van der Waals surface area (Å²) in [5, 5.41) is 10.9. The van der Waals surface area contributed by atoms with Crippen LogP contribution in [0.2, 0.25) is 5.02 Å². The van der Waals surface area contributed by atoms with E-state index in [9.17, 15) is 9.90 Å². The van der Waals surface area contributed by atoms with Crippen molar-refractivity contribution in [3.63, 3.8) is 0 Å². The number of nitrogens with zero attached hydrogens (tertiary/aromatic N) is 1. The summed E-state index contributed by atoms with van der Waals surface area (Å²) in [5.74, 6) is 0.645. The van der Waals surface area contributed by atoms with Crippen LogP contribution >= 0.6 is 11.6 Å². The fourth-order valence-corrected chi connectivity index (χ4v) is 3.27. The Morgan fingerprint density at radius 2 is 1.85 bits per heavy atom. The maximum absolute atomic E-state index is 12.7. The summed E-state index contributed by atoms with van der Waals surface area (Å²) in [6.07, 6.45) is 1.69. The molecule has 0 saturated carbocycles. The summed E-state index contributed by atoms with van der Waals surface area (Å²) in [4.78, 5) is 14.9. The number of ketones is 1. The zero-order valence-electron chi connectivity index (χ0n) is 14.1. The summed E-state index contributed by atoms with van der Waals surface area (Å²) in [5.41, 5.74) is 1.94. The van der Waals surface area contributed by atoms with Crippen molar-refractivity contribution < 1.29 is 19.4 Å². The highest BCUT2D eigenvalue weighted by Crippen LogP contribution is 2.40. The van der Waals surface area contributed by atoms with E-state index in [0.717, 1.165) is 18.7 Å². The van der Waals surface area contributed by atoms with Gasteiger partial charge in [0.25, 0.3) is 0 Å². The highest BCUT2D eigenvalue weighted by Gasteiger charge is 2.31. The molecule has 0 aromatic heterocycles. The van der Waals surface area contributed by atoms with Crippen LogP contribution in [0.15, 0.2) is 42.2 Å². The van der Waals surface area contributed by atoms with Crippen LogP contribution in [-0.2, 0) is 11.3 Å². The van der Waals surface area contributed by atoms with Gasteiger partial charge in [-0.15, -0.1) is 0 Å². The minimum atomic E-state index is -0.182. The molecule has 0 spiro atoms. The topological polar surface area (TPSA) is 59.0 Å². The lowest BCUT2D eigenvalue weighted by Crippen LogP contribution is -2.35. The number of halogens is 1. The Labute approximate surface area is 156 Å². The standard InChI is InChI=1S/C20H18ClNO4/c21-14-3-1-13(2-4-14)11-18-19(24)15-5-6-17(23)16(20(15)26-18)12-22-7-9-25-10-8-22/h1-6,11,23H,7-10,12H2/b18-11-. The van der Waals surface area contributed by atoms with Gasteiger partial charge in [0.1, 0.15) is 11.5 Å². The largest absolute Gasteiger partial charge is 0.507 e. The summed E-state index contributed by atoms with van der Waals surface area (Å²) in [6.45, 7) is 3.41. The third-order valence-electron chi connectivity index (χ3n) is 4.57. The van der Waals surface area contributed by atoms with Crippen LogP contribution in [0.25, 0.3) is 6.08 Å². The molecule has 0 radical (unpaired) electrons. The van der Waals surface area contributed by atoms with Crippen molar-refractivity contribution in [2.45, 2.75) is 6.54 Å². The number of hydrogen-bond acceptors (Lipinski definition) is 5. The Hall–Kier alpha value is -2.34. The van der Waals surface area contributed by atoms with Gasteiger partial charge in [-0.3, -0.25) is 9.69 Å². The van der Waals surface area contributed by atoms with Crippen molar-refractivity contribution in [2.24, 2.45) is 0 Å². The van der Waals surface area contributed by atoms with Gasteiger partial charge in [0, 0.05) is 24.7 Å². The molecule has 26 heavy (non-hydrogen) atoms. The fraction of sp³-hybridized carbons (Fsp3) is 0.250. The summed E-state index contributed by atoms with van der Waals surface area (Å²) in [7, 11) is 0. The Morgan fingerprint density at radius 3 is 2.58 bits per heavy atom. The van der Waals surface area contributed by atoms with Gasteiger partial charge in [0.05, 0.1) is 24.3 Å². The third kappa shape index (κ3) is 3.33. The number of allylic oxidation sites excluding steroid dienone is 1. The normalized spacial score (nSPS) is 18.8. The van der Waals surface area contributed by atoms with Crippen LogP contribution in [0.4, 0.5) is 0 Å². The van der Waals surface area contributed by atoms with E-state index in [0.29, 0.717) is 41.7 Å². The average Bonchev–Trinajstić information content (AvgIpc) is 2.96. The second-order valence-electron chi connectivity index (χ2n) is 6.32. The lowest BCUT2D eigenvalue weighted by Gasteiger charge is -2.27. The predicted molar refractivity (Wildman–Crippen MR) is 98.6 cm³/mol. The molecular formula is C20H18ClNO4. The highest BCUT2D eigenvalue weighted by atomic mass is 35.5. The molecule has 0 aliphatic carbocycles. The number of carbonyl (C=O) groups excluding carboxylic acids is 1. The second kappa shape index (κ2) is 7.11. The number of carbonyl (C=O) groups is 1. The molecule has 134 valence electrons. The summed E-state index contributed by atoms with van der Waals surface area (Å²) < 4.78 is 11.2. The van der Waals surface area contributed by atoms with E-state index in [-0.39, 0.29) is 17.3 Å². The monoisotopic (exact) mass is 371 g/mol. The lowest BCUT2D eigenvalue weighted by atomic mass is 10.0. The zero-order valence-corrected chi connectivity index (χ0v) is 14.8. The smallest absolute Gasteiger partial charge is 0.231 e. The van der Waals surface area contributed by atoms with E-state index in [1.165, 1.54) is 0 Å². The van der Waals surface area contributed by atoms with Crippen LogP contribution in [0.5, 0.6) is 11.5 Å². The zero-order chi connectivity index (χ0) is 18.1. The maximum atomic E-state index is 12.7. The number of aromatic hydroxyl groups is 1. The molecule has 0 unspecified atom stereocenters. The Kier molecular flexibility index (Phi) is 4.68. The number of Topliss-reactive ketones (excluding diaryl/α,β-unsaturated/α-hetero) is 1. The van der Waals surface area contributed by atoms with Crippen molar-refractivity contribution in [2.75, 3.05) is 26.3 Å². The highest BCUT2D eigenvalue weighted by molar-refractivity contribution is 6.30. The van der Waals surface area contributed by atoms with Gasteiger partial charge in [0.15, 0.2) is 5.76 Å². The first-order valence-electron chi connectivity index (χ1n) is 8.46. The number of morpholine rings is 1. The van der Waals surface area contributed by atoms with Crippen molar-refractivity contribution in [3.8, 4) is 11.5 Å². The Morgan fingerprint density at radius 1 is 1.12 bits per heavy atom. The van der Waals surface area contributed by atoms with E-state index in [2.05, 4.69) is 4.90 Å². The van der Waals surface area contributed by atoms with Gasteiger partial charge in [-0.25, -0.2) is 0 Å². The lowest BCUT2D eigenvalue weighted by molar-refractivity contribution is 0.0336. The summed E-state index contributed by atoms with van der Waals surface area (Å²) in [6, 6.07) is 10.3. The molecule has 5 nitrogen and oxygen atoms in total. The van der Waals surface area contributed by atoms with E-state index >= 15 is 0 Å². The first-order valence-corrected chi connectivity index (χ1v) is 8.84. The molecular weight excluding hydrogens is 354 g/mol. The number of fused-ring (bicyclic) bond motifs is 1. The molecule has 0 bridgehead atoms. The van der Waals surface area contributed by atoms with Crippen molar-refractivity contribution in [1.82, 2.24) is 4.90 Å². The van der Waals surface area contributed by atoms with Crippen LogP contribution in [0.3, 0.4) is 0 Å². The van der Waals surface area contributed by atoms with Crippen LogP contribution in [0.1, 0.15) is 21.5 Å². The van der Waals surface area contributed by atoms with E-state index < -0.39 is 0 Å². The average molecular weight is 372 g/mol. The minimum absolute atomic E-state index is 0.135. The number of hydrogen-bond donors (Lipinski definition) is 1. The molecule has 2 aromatic rings. The Bertz CT molecular complexity index is 870. The van der Waals surface area contributed by atoms with Crippen LogP contribution < -0.4 is 4.74 Å². The van der Waals surface area contributed by atoms with Gasteiger partial charge in [-0.1, -0.05) is 23.7 Å². The molecule has 1 N–H and O–H groups in total. The third-order valence-corrected chi connectivity index (χ3v) is 4.82. The molecule has 2 heterocycles. The van der Waals surface area contributed by atoms with Crippen LogP contribution in [0, 0.1) is 0 Å². The molecule has 2 aliphatic rings. The number of phenols is 1. The number of benzene rings is 2. The molecule has 2 aliphatic heterocycles. The molecule has 1 saturated heterocycles. The van der Waals surface area contributed by atoms with Gasteiger partial charge in [0.2, 0.25) is 5.78 Å². The van der Waals surface area contributed by atoms with Crippen molar-refractivity contribution >= 4 is 23.5 Å². The van der Waals surface area contributed by atoms with Gasteiger partial charge < -0.3 is 14.6 Å². The second-order valence-corrected chi connectivity index (χ2v) is 6.76. The van der Waals surface area contributed by atoms with Gasteiger partial charge in [-0.05, 0) is 35.9 Å². The molecule has 0 atom stereocenters. The molecule has 1 fully saturated rings. The predicted octanol–water partition coefficient (Wildman–Crippen LogP) is 3.49. The first-order chi connectivity index (χ1) is 12.6. The van der Waals surface area contributed by atoms with Gasteiger partial charge in [-0.2, -0.15) is 0 Å².